The van der Waals surface area contributed by atoms with E-state index in [4.69, 9.17) is 11.6 Å². The minimum atomic E-state index is 0.170. The minimum absolute atomic E-state index is 0.170. The molecule has 0 spiro atoms. The second-order valence-electron chi connectivity index (χ2n) is 4.45. The van der Waals surface area contributed by atoms with Gasteiger partial charge in [0.25, 0.3) is 0 Å². The van der Waals surface area contributed by atoms with E-state index in [1.54, 1.807) is 0 Å². The van der Waals surface area contributed by atoms with Crippen LogP contribution >= 0.6 is 11.6 Å². The van der Waals surface area contributed by atoms with Crippen molar-refractivity contribution >= 4 is 17.4 Å². The van der Waals surface area contributed by atoms with Crippen LogP contribution in [0.5, 0.6) is 0 Å². The maximum atomic E-state index is 12.1. The van der Waals surface area contributed by atoms with Crippen molar-refractivity contribution in [2.75, 3.05) is 0 Å². The Morgan fingerprint density at radius 2 is 1.83 bits per heavy atom. The molecule has 2 aromatic carbocycles. The Balaban J connectivity index is 2.08. The van der Waals surface area contributed by atoms with Crippen LogP contribution in [0.2, 0.25) is 5.02 Å². The number of Topliss-reactive ketones (excluding diaryl/α,β-unsaturated/α-hetero) is 1. The molecular formula is C16H15ClO. The molecule has 2 heteroatoms. The van der Waals surface area contributed by atoms with E-state index in [0.717, 1.165) is 11.1 Å². The predicted molar refractivity (Wildman–Crippen MR) is 75.3 cm³/mol. The van der Waals surface area contributed by atoms with E-state index in [-0.39, 0.29) is 11.7 Å². The Labute approximate surface area is 112 Å². The van der Waals surface area contributed by atoms with Gasteiger partial charge in [0.2, 0.25) is 0 Å². The highest BCUT2D eigenvalue weighted by Crippen LogP contribution is 2.23. The number of halogens is 1. The van der Waals surface area contributed by atoms with E-state index in [2.05, 4.69) is 0 Å². The molecule has 0 aliphatic heterocycles. The van der Waals surface area contributed by atoms with Crippen molar-refractivity contribution in [1.82, 2.24) is 0 Å². The third-order valence-electron chi connectivity index (χ3n) is 3.01. The van der Waals surface area contributed by atoms with Crippen molar-refractivity contribution in [2.45, 2.75) is 19.3 Å². The van der Waals surface area contributed by atoms with E-state index in [0.29, 0.717) is 11.4 Å². The fourth-order valence-electron chi connectivity index (χ4n) is 1.95. The van der Waals surface area contributed by atoms with Crippen molar-refractivity contribution in [3.05, 3.63) is 70.7 Å². The van der Waals surface area contributed by atoms with E-state index in [1.807, 2.05) is 61.5 Å². The lowest BCUT2D eigenvalue weighted by molar-refractivity contribution is 0.0975. The standard InChI is InChI=1S/C16H15ClO/c1-12(14-8-5-9-15(17)11-14)10-16(18)13-6-3-2-4-7-13/h2-9,11-12H,10H2,1H3. The van der Waals surface area contributed by atoms with Crippen LogP contribution < -0.4 is 0 Å². The Hall–Kier alpha value is -1.60. The van der Waals surface area contributed by atoms with Crippen molar-refractivity contribution < 1.29 is 4.79 Å². The van der Waals surface area contributed by atoms with Gasteiger partial charge >= 0.3 is 0 Å². The summed E-state index contributed by atoms with van der Waals surface area (Å²) in [6.45, 7) is 2.05. The van der Waals surface area contributed by atoms with Crippen LogP contribution in [-0.2, 0) is 0 Å². The van der Waals surface area contributed by atoms with Crippen molar-refractivity contribution in [3.63, 3.8) is 0 Å². The Morgan fingerprint density at radius 1 is 1.11 bits per heavy atom. The second kappa shape index (κ2) is 5.83. The van der Waals surface area contributed by atoms with Gasteiger partial charge in [0.15, 0.2) is 5.78 Å². The van der Waals surface area contributed by atoms with E-state index >= 15 is 0 Å². The highest BCUT2D eigenvalue weighted by molar-refractivity contribution is 6.30. The third kappa shape index (κ3) is 3.21. The number of ketones is 1. The van der Waals surface area contributed by atoms with E-state index in [1.165, 1.54) is 0 Å². The summed E-state index contributed by atoms with van der Waals surface area (Å²) in [5, 5.41) is 0.714. The Kier molecular flexibility index (Phi) is 4.16. The lowest BCUT2D eigenvalue weighted by Crippen LogP contribution is -2.04. The first-order valence-corrected chi connectivity index (χ1v) is 6.38. The average molecular weight is 259 g/mol. The molecule has 0 radical (unpaired) electrons. The molecule has 0 aromatic heterocycles. The molecule has 1 atom stereocenters. The highest BCUT2D eigenvalue weighted by Gasteiger charge is 2.12. The topological polar surface area (TPSA) is 17.1 Å². The van der Waals surface area contributed by atoms with Crippen molar-refractivity contribution in [3.8, 4) is 0 Å². The zero-order valence-electron chi connectivity index (χ0n) is 10.3. The maximum Gasteiger partial charge on any atom is 0.163 e. The summed E-state index contributed by atoms with van der Waals surface area (Å²) in [7, 11) is 0. The normalized spacial score (nSPS) is 12.1. The fourth-order valence-corrected chi connectivity index (χ4v) is 2.15. The lowest BCUT2D eigenvalue weighted by atomic mass is 9.93. The summed E-state index contributed by atoms with van der Waals surface area (Å²) in [6, 6.07) is 17.1. The average Bonchev–Trinajstić information content (AvgIpc) is 2.39. The molecule has 18 heavy (non-hydrogen) atoms. The number of carbonyl (C=O) groups is 1. The van der Waals surface area contributed by atoms with Crippen LogP contribution in [0.1, 0.15) is 35.2 Å². The maximum absolute atomic E-state index is 12.1. The van der Waals surface area contributed by atoms with Gasteiger partial charge in [0.1, 0.15) is 0 Å². The van der Waals surface area contributed by atoms with Crippen LogP contribution in [0.15, 0.2) is 54.6 Å². The van der Waals surface area contributed by atoms with Gasteiger partial charge in [0.05, 0.1) is 0 Å². The Morgan fingerprint density at radius 3 is 2.50 bits per heavy atom. The molecule has 92 valence electrons. The predicted octanol–water partition coefficient (Wildman–Crippen LogP) is 4.72. The van der Waals surface area contributed by atoms with Gasteiger partial charge in [-0.25, -0.2) is 0 Å². The van der Waals surface area contributed by atoms with Crippen LogP contribution in [0.25, 0.3) is 0 Å². The van der Waals surface area contributed by atoms with Gasteiger partial charge in [-0.3, -0.25) is 4.79 Å². The zero-order valence-corrected chi connectivity index (χ0v) is 11.0. The van der Waals surface area contributed by atoms with Crippen molar-refractivity contribution in [1.29, 1.82) is 0 Å². The highest BCUT2D eigenvalue weighted by atomic mass is 35.5. The molecule has 0 amide bonds. The molecule has 0 saturated heterocycles. The quantitative estimate of drug-likeness (QED) is 0.726. The first-order valence-electron chi connectivity index (χ1n) is 6.00. The molecule has 0 saturated carbocycles. The number of hydrogen-bond acceptors (Lipinski definition) is 1. The zero-order chi connectivity index (χ0) is 13.0. The van der Waals surface area contributed by atoms with Crippen LogP contribution in [0.4, 0.5) is 0 Å². The van der Waals surface area contributed by atoms with Crippen LogP contribution in [0, 0.1) is 0 Å². The van der Waals surface area contributed by atoms with Gasteiger partial charge in [-0.05, 0) is 23.6 Å². The summed E-state index contributed by atoms with van der Waals surface area (Å²) in [4.78, 5) is 12.1. The molecule has 0 bridgehead atoms. The van der Waals surface area contributed by atoms with Gasteiger partial charge in [-0.15, -0.1) is 0 Å². The molecular weight excluding hydrogens is 244 g/mol. The molecule has 2 rings (SSSR count). The monoisotopic (exact) mass is 258 g/mol. The second-order valence-corrected chi connectivity index (χ2v) is 4.89. The van der Waals surface area contributed by atoms with Crippen LogP contribution in [0.3, 0.4) is 0 Å². The van der Waals surface area contributed by atoms with E-state index in [9.17, 15) is 4.79 Å². The summed E-state index contributed by atoms with van der Waals surface area (Å²) in [5.74, 6) is 0.347. The third-order valence-corrected chi connectivity index (χ3v) is 3.24. The fraction of sp³-hybridized carbons (Fsp3) is 0.188. The number of benzene rings is 2. The molecule has 0 aliphatic rings. The van der Waals surface area contributed by atoms with Crippen LogP contribution in [-0.4, -0.2) is 5.78 Å². The number of carbonyl (C=O) groups excluding carboxylic acids is 1. The summed E-state index contributed by atoms with van der Waals surface area (Å²) in [5.41, 5.74) is 1.87. The van der Waals surface area contributed by atoms with Gasteiger partial charge in [-0.1, -0.05) is 61.0 Å². The van der Waals surface area contributed by atoms with Gasteiger partial charge in [-0.2, -0.15) is 0 Å². The summed E-state index contributed by atoms with van der Waals surface area (Å²) < 4.78 is 0. The summed E-state index contributed by atoms with van der Waals surface area (Å²) in [6.07, 6.45) is 0.504. The first-order chi connectivity index (χ1) is 8.66. The number of hydrogen-bond donors (Lipinski definition) is 0. The minimum Gasteiger partial charge on any atom is -0.294 e. The molecule has 0 N–H and O–H groups in total. The number of rotatable bonds is 4. The first kappa shape index (κ1) is 12.8. The van der Waals surface area contributed by atoms with E-state index < -0.39 is 0 Å². The molecule has 1 nitrogen and oxygen atoms in total. The van der Waals surface area contributed by atoms with Crippen molar-refractivity contribution in [2.24, 2.45) is 0 Å². The lowest BCUT2D eigenvalue weighted by Gasteiger charge is -2.11. The smallest absolute Gasteiger partial charge is 0.163 e. The summed E-state index contributed by atoms with van der Waals surface area (Å²) >= 11 is 5.96. The largest absolute Gasteiger partial charge is 0.294 e. The molecule has 0 heterocycles. The Bertz CT molecular complexity index is 534. The SMILES string of the molecule is CC(CC(=O)c1ccccc1)c1cccc(Cl)c1. The molecule has 0 fully saturated rings. The molecule has 2 aromatic rings. The van der Waals surface area contributed by atoms with Gasteiger partial charge < -0.3 is 0 Å². The molecule has 0 aliphatic carbocycles. The van der Waals surface area contributed by atoms with Gasteiger partial charge in [0, 0.05) is 17.0 Å². The molecule has 1 unspecified atom stereocenters.